The second-order valence-corrected chi connectivity index (χ2v) is 5.02. The molecule has 1 aromatic carbocycles. The molecule has 22 heavy (non-hydrogen) atoms. The lowest BCUT2D eigenvalue weighted by Gasteiger charge is -2.06. The molecule has 0 saturated carbocycles. The van der Waals surface area contributed by atoms with E-state index in [1.54, 1.807) is 0 Å². The van der Waals surface area contributed by atoms with Gasteiger partial charge in [-0.25, -0.2) is 4.98 Å². The minimum Gasteiger partial charge on any atom is -0.328 e. The van der Waals surface area contributed by atoms with Crippen molar-refractivity contribution in [1.29, 1.82) is 0 Å². The van der Waals surface area contributed by atoms with Gasteiger partial charge in [0.1, 0.15) is 5.69 Å². The molecule has 0 aliphatic rings. The molecule has 0 atom stereocenters. The van der Waals surface area contributed by atoms with Crippen molar-refractivity contribution >= 4 is 23.4 Å². The number of anilines is 1. The number of benzene rings is 1. The van der Waals surface area contributed by atoms with Gasteiger partial charge in [0.15, 0.2) is 0 Å². The third-order valence-electron chi connectivity index (χ3n) is 2.77. The normalized spacial score (nSPS) is 10.4. The van der Waals surface area contributed by atoms with Crippen LogP contribution in [0.25, 0.3) is 11.5 Å². The molecule has 3 rings (SSSR count). The van der Waals surface area contributed by atoms with E-state index in [4.69, 9.17) is 4.52 Å². The average molecular weight is 313 g/mol. The molecule has 0 saturated heterocycles. The summed E-state index contributed by atoms with van der Waals surface area (Å²) in [6, 6.07) is 7.47. The van der Waals surface area contributed by atoms with Gasteiger partial charge in [-0.05, 0) is 18.4 Å². The largest absolute Gasteiger partial charge is 0.328 e. The first-order chi connectivity index (χ1) is 10.8. The van der Waals surface area contributed by atoms with E-state index in [2.05, 4.69) is 25.4 Å². The number of para-hydroxylation sites is 1. The Hall–Kier alpha value is -2.74. The second-order valence-electron chi connectivity index (χ2n) is 4.17. The summed E-state index contributed by atoms with van der Waals surface area (Å²) in [6.45, 7) is 0. The number of rotatable bonds is 4. The number of nitrogens with zero attached hydrogens (tertiary/aromatic N) is 4. The predicted octanol–water partition coefficient (Wildman–Crippen LogP) is 2.50. The summed E-state index contributed by atoms with van der Waals surface area (Å²) in [6.07, 6.45) is 6.48. The summed E-state index contributed by atoms with van der Waals surface area (Å²) in [5.41, 5.74) is 1.13. The molecule has 3 aromatic rings. The maximum atomic E-state index is 12.2. The van der Waals surface area contributed by atoms with Crippen molar-refractivity contribution in [2.45, 2.75) is 4.90 Å². The summed E-state index contributed by atoms with van der Waals surface area (Å²) < 4.78 is 4.98. The molecule has 0 radical (unpaired) electrons. The molecule has 0 spiro atoms. The molecule has 2 aromatic heterocycles. The molecule has 1 N–H and O–H groups in total. The number of hydrogen-bond acceptors (Lipinski definition) is 7. The number of carbonyl (C=O) groups is 1. The van der Waals surface area contributed by atoms with Crippen LogP contribution in [-0.2, 0) is 0 Å². The zero-order chi connectivity index (χ0) is 15.4. The minimum absolute atomic E-state index is 0.128. The first-order valence-corrected chi connectivity index (χ1v) is 7.55. The highest BCUT2D eigenvalue weighted by Crippen LogP contribution is 2.25. The molecule has 0 bridgehead atoms. The fourth-order valence-electron chi connectivity index (χ4n) is 1.76. The van der Waals surface area contributed by atoms with Crippen molar-refractivity contribution in [3.63, 3.8) is 0 Å². The summed E-state index contributed by atoms with van der Waals surface area (Å²) in [7, 11) is 0. The monoisotopic (exact) mass is 313 g/mol. The third kappa shape index (κ3) is 2.96. The van der Waals surface area contributed by atoms with Crippen LogP contribution < -0.4 is 5.32 Å². The van der Waals surface area contributed by atoms with E-state index in [9.17, 15) is 4.79 Å². The highest BCUT2D eigenvalue weighted by Gasteiger charge is 2.17. The molecule has 0 aliphatic carbocycles. The SMILES string of the molecule is CSc1ccccc1NC(=O)c1nc(-c2cnccn2)no1. The van der Waals surface area contributed by atoms with Crippen LogP contribution in [0.15, 0.2) is 52.3 Å². The fourth-order valence-corrected chi connectivity index (χ4v) is 2.31. The highest BCUT2D eigenvalue weighted by molar-refractivity contribution is 7.98. The van der Waals surface area contributed by atoms with Crippen molar-refractivity contribution in [3.8, 4) is 11.5 Å². The molecule has 0 unspecified atom stereocenters. The summed E-state index contributed by atoms with van der Waals surface area (Å²) in [4.78, 5) is 25.1. The van der Waals surface area contributed by atoms with Crippen molar-refractivity contribution < 1.29 is 9.32 Å². The van der Waals surface area contributed by atoms with Gasteiger partial charge in [0, 0.05) is 17.3 Å². The number of thioether (sulfide) groups is 1. The molecule has 7 nitrogen and oxygen atoms in total. The van der Waals surface area contributed by atoms with Gasteiger partial charge in [-0.15, -0.1) is 11.8 Å². The molecular weight excluding hydrogens is 302 g/mol. The van der Waals surface area contributed by atoms with Crippen LogP contribution in [0.2, 0.25) is 0 Å². The average Bonchev–Trinajstić information content (AvgIpc) is 3.06. The van der Waals surface area contributed by atoms with Crippen LogP contribution in [0.3, 0.4) is 0 Å². The van der Waals surface area contributed by atoms with Crippen molar-refractivity contribution in [1.82, 2.24) is 20.1 Å². The van der Waals surface area contributed by atoms with E-state index in [0.29, 0.717) is 11.4 Å². The van der Waals surface area contributed by atoms with Crippen LogP contribution in [-0.4, -0.2) is 32.3 Å². The smallest absolute Gasteiger partial charge is 0.316 e. The van der Waals surface area contributed by atoms with Crippen LogP contribution in [0.1, 0.15) is 10.7 Å². The van der Waals surface area contributed by atoms with E-state index in [0.717, 1.165) is 4.90 Å². The van der Waals surface area contributed by atoms with Gasteiger partial charge in [0.05, 0.1) is 11.9 Å². The molecule has 8 heteroatoms. The van der Waals surface area contributed by atoms with Crippen molar-refractivity contribution in [2.75, 3.05) is 11.6 Å². The Bertz CT molecular complexity index is 791. The topological polar surface area (TPSA) is 93.8 Å². The Kier molecular flexibility index (Phi) is 4.10. The zero-order valence-corrected chi connectivity index (χ0v) is 12.4. The Balaban J connectivity index is 1.80. The molecular formula is C14H11N5O2S. The van der Waals surface area contributed by atoms with Gasteiger partial charge in [-0.3, -0.25) is 9.78 Å². The summed E-state index contributed by atoms with van der Waals surface area (Å²) >= 11 is 1.54. The maximum Gasteiger partial charge on any atom is 0.316 e. The molecule has 0 aliphatic heterocycles. The van der Waals surface area contributed by atoms with Crippen molar-refractivity contribution in [3.05, 3.63) is 48.7 Å². The predicted molar refractivity (Wildman–Crippen MR) is 81.5 cm³/mol. The van der Waals surface area contributed by atoms with Gasteiger partial charge in [-0.2, -0.15) is 4.98 Å². The lowest BCUT2D eigenvalue weighted by atomic mass is 10.3. The van der Waals surface area contributed by atoms with E-state index in [1.807, 2.05) is 30.5 Å². The van der Waals surface area contributed by atoms with Crippen LogP contribution in [0.4, 0.5) is 5.69 Å². The van der Waals surface area contributed by atoms with Gasteiger partial charge < -0.3 is 9.84 Å². The van der Waals surface area contributed by atoms with Gasteiger partial charge >= 0.3 is 11.8 Å². The Morgan fingerprint density at radius 2 is 2.14 bits per heavy atom. The zero-order valence-electron chi connectivity index (χ0n) is 11.6. The summed E-state index contributed by atoms with van der Waals surface area (Å²) in [5, 5.41) is 6.49. The molecule has 110 valence electrons. The molecule has 1 amide bonds. The van der Waals surface area contributed by atoms with Crippen molar-refractivity contribution in [2.24, 2.45) is 0 Å². The molecule has 2 heterocycles. The van der Waals surface area contributed by atoms with E-state index in [1.165, 1.54) is 30.4 Å². The number of amides is 1. The number of nitrogens with one attached hydrogen (secondary N) is 1. The van der Waals surface area contributed by atoms with Crippen LogP contribution in [0.5, 0.6) is 0 Å². The highest BCUT2D eigenvalue weighted by atomic mass is 32.2. The number of hydrogen-bond donors (Lipinski definition) is 1. The van der Waals surface area contributed by atoms with Crippen LogP contribution in [0, 0.1) is 0 Å². The quantitative estimate of drug-likeness (QED) is 0.739. The molecule has 0 fully saturated rings. The van der Waals surface area contributed by atoms with Gasteiger partial charge in [0.2, 0.25) is 5.82 Å². The third-order valence-corrected chi connectivity index (χ3v) is 3.56. The second kappa shape index (κ2) is 6.35. The first kappa shape index (κ1) is 14.2. The van der Waals surface area contributed by atoms with Gasteiger partial charge in [-0.1, -0.05) is 17.3 Å². The lowest BCUT2D eigenvalue weighted by Crippen LogP contribution is -2.12. The Morgan fingerprint density at radius 1 is 1.27 bits per heavy atom. The Morgan fingerprint density at radius 3 is 2.91 bits per heavy atom. The Labute approximate surface area is 130 Å². The van der Waals surface area contributed by atoms with E-state index < -0.39 is 5.91 Å². The minimum atomic E-state index is -0.468. The lowest BCUT2D eigenvalue weighted by molar-refractivity contribution is 0.0981. The maximum absolute atomic E-state index is 12.2. The standard InChI is InChI=1S/C14H11N5O2S/c1-22-11-5-3-2-4-9(11)17-13(20)14-18-12(19-21-14)10-8-15-6-7-16-10/h2-8H,1H3,(H,17,20). The number of carbonyl (C=O) groups excluding carboxylic acids is 1. The van der Waals surface area contributed by atoms with E-state index in [-0.39, 0.29) is 11.7 Å². The first-order valence-electron chi connectivity index (χ1n) is 6.32. The summed E-state index contributed by atoms with van der Waals surface area (Å²) in [5.74, 6) is -0.378. The van der Waals surface area contributed by atoms with Gasteiger partial charge in [0.25, 0.3) is 0 Å². The van der Waals surface area contributed by atoms with E-state index >= 15 is 0 Å². The fraction of sp³-hybridized carbons (Fsp3) is 0.0714. The number of aromatic nitrogens is 4. The van der Waals surface area contributed by atoms with Crippen LogP contribution >= 0.6 is 11.8 Å².